The van der Waals surface area contributed by atoms with Crippen LogP contribution in [0.15, 0.2) is 24.7 Å². The number of aryl methyl sites for hydroxylation is 1. The van der Waals surface area contributed by atoms with Gasteiger partial charge in [-0.25, -0.2) is 4.98 Å². The third-order valence-corrected chi connectivity index (χ3v) is 16.4. The molecule has 0 saturated heterocycles. The number of fused-ring (bicyclic) bond motifs is 7. The van der Waals surface area contributed by atoms with Gasteiger partial charge in [0.25, 0.3) is 0 Å². The second-order valence-electron chi connectivity index (χ2n) is 19.7. The number of hydrogen-bond acceptors (Lipinski definition) is 5. The Morgan fingerprint density at radius 2 is 1.70 bits per heavy atom. The number of allylic oxidation sites excluding steroid dienone is 1. The van der Waals surface area contributed by atoms with Crippen molar-refractivity contribution in [1.29, 1.82) is 0 Å². The van der Waals surface area contributed by atoms with E-state index in [1.807, 2.05) is 17.8 Å². The first-order valence-electron chi connectivity index (χ1n) is 19.5. The maximum absolute atomic E-state index is 13.7. The first-order valence-corrected chi connectivity index (χ1v) is 19.5. The van der Waals surface area contributed by atoms with Gasteiger partial charge in [-0.2, -0.15) is 0 Å². The van der Waals surface area contributed by atoms with Gasteiger partial charge in [0.15, 0.2) is 0 Å². The maximum Gasteiger partial charge on any atom is 0.309 e. The summed E-state index contributed by atoms with van der Waals surface area (Å²) in [5, 5.41) is 12.8. The molecule has 5 aliphatic rings. The minimum Gasteiger partial charge on any atom is -0.481 e. The topological polar surface area (TPSA) is 111 Å². The summed E-state index contributed by atoms with van der Waals surface area (Å²) in [6.07, 6.45) is 15.1. The smallest absolute Gasteiger partial charge is 0.309 e. The highest BCUT2D eigenvalue weighted by atomic mass is 16.5. The summed E-state index contributed by atoms with van der Waals surface area (Å²) in [5.74, 6) is 1.29. The van der Waals surface area contributed by atoms with Gasteiger partial charge in [-0.15, -0.1) is 0 Å². The van der Waals surface area contributed by atoms with E-state index in [1.165, 1.54) is 31.3 Å². The third-order valence-electron chi connectivity index (χ3n) is 16.4. The van der Waals surface area contributed by atoms with Crippen LogP contribution in [0.25, 0.3) is 0 Å². The number of hydrogen-bond donors (Lipinski definition) is 2. The van der Waals surface area contributed by atoms with Crippen LogP contribution in [0.5, 0.6) is 0 Å². The lowest BCUT2D eigenvalue weighted by molar-refractivity contribution is -0.250. The Morgan fingerprint density at radius 3 is 2.34 bits per heavy atom. The molecule has 5 aliphatic carbocycles. The number of esters is 1. The SMILES string of the molecule is C=C(C)[C@@H]1CC[C@]2(CC(=O)NCc3cn(C)cn3)CC[C@]3(C)[C@H](CC[C@@H]4[C@@]5(C)CCC(OC(=O)CC(C)(C)C(=O)O)C(C)(C)[C@@H]5CC[C@]43C)[C@@H]12. The summed E-state index contributed by atoms with van der Waals surface area (Å²) in [6, 6.07) is 0. The standard InChI is InChI=1S/C42H65N3O5/c1-26(2)28-13-18-42(21-33(46)43-23-27-24-45(10)25-44-27)20-19-40(8)29(35(28)42)11-12-31-39(7)16-15-32(50-34(47)22-37(3,4)36(48)49)38(5,6)30(39)14-17-41(31,40)9/h24-25,28-32,35H,1,11-23H2,2-10H3,(H,43,46)(H,48,49)/t28-,29+,30-,31+,32?,35+,39-,40+,41+,42+/m0/s1. The largest absolute Gasteiger partial charge is 0.481 e. The number of rotatable bonds is 9. The highest BCUT2D eigenvalue weighted by Crippen LogP contribution is 2.78. The molecule has 8 nitrogen and oxygen atoms in total. The van der Waals surface area contributed by atoms with Crippen molar-refractivity contribution in [1.82, 2.24) is 14.9 Å². The van der Waals surface area contributed by atoms with Gasteiger partial charge in [-0.3, -0.25) is 14.4 Å². The van der Waals surface area contributed by atoms with Gasteiger partial charge in [-0.1, -0.05) is 46.8 Å². The van der Waals surface area contributed by atoms with Crippen molar-refractivity contribution in [3.8, 4) is 0 Å². The minimum atomic E-state index is -1.14. The van der Waals surface area contributed by atoms with E-state index >= 15 is 0 Å². The normalized spacial score (nSPS) is 40.4. The molecule has 6 rings (SSSR count). The van der Waals surface area contributed by atoms with E-state index in [2.05, 4.69) is 58.4 Å². The fourth-order valence-electron chi connectivity index (χ4n) is 13.5. The molecule has 1 heterocycles. The molecule has 50 heavy (non-hydrogen) atoms. The van der Waals surface area contributed by atoms with Gasteiger partial charge in [0, 0.05) is 25.1 Å². The predicted octanol–water partition coefficient (Wildman–Crippen LogP) is 8.50. The molecule has 0 spiro atoms. The van der Waals surface area contributed by atoms with E-state index < -0.39 is 17.4 Å². The zero-order valence-electron chi connectivity index (χ0n) is 32.5. The number of carboxylic acids is 1. The molecule has 0 aromatic carbocycles. The highest BCUT2D eigenvalue weighted by molar-refractivity contribution is 5.81. The van der Waals surface area contributed by atoms with E-state index in [0.717, 1.165) is 44.2 Å². The van der Waals surface area contributed by atoms with E-state index in [0.29, 0.717) is 42.6 Å². The van der Waals surface area contributed by atoms with Crippen LogP contribution >= 0.6 is 0 Å². The second-order valence-corrected chi connectivity index (χ2v) is 19.7. The molecule has 10 atom stereocenters. The summed E-state index contributed by atoms with van der Waals surface area (Å²) in [6.45, 7) is 22.9. The Morgan fingerprint density at radius 1 is 0.980 bits per heavy atom. The van der Waals surface area contributed by atoms with E-state index in [4.69, 9.17) is 4.74 Å². The zero-order chi connectivity index (χ0) is 36.7. The van der Waals surface area contributed by atoms with Crippen LogP contribution in [0.1, 0.15) is 138 Å². The van der Waals surface area contributed by atoms with Crippen molar-refractivity contribution >= 4 is 17.8 Å². The molecular formula is C42H65N3O5. The first-order chi connectivity index (χ1) is 23.2. The number of nitrogens with zero attached hydrogens (tertiary/aromatic N) is 2. The minimum absolute atomic E-state index is 0.0193. The second kappa shape index (κ2) is 12.5. The fraction of sp³-hybridized carbons (Fsp3) is 0.810. The average molecular weight is 692 g/mol. The summed E-state index contributed by atoms with van der Waals surface area (Å²) in [7, 11) is 1.95. The van der Waals surface area contributed by atoms with E-state index in [1.54, 1.807) is 20.2 Å². The molecule has 8 heteroatoms. The van der Waals surface area contributed by atoms with Gasteiger partial charge in [-0.05, 0) is 136 Å². The van der Waals surface area contributed by atoms with Crippen molar-refractivity contribution < 1.29 is 24.2 Å². The molecule has 278 valence electrons. The number of aliphatic carboxylic acids is 1. The average Bonchev–Trinajstić information content (AvgIpc) is 3.61. The molecule has 1 aromatic rings. The lowest BCUT2D eigenvalue weighted by Gasteiger charge is -2.73. The quantitative estimate of drug-likeness (QED) is 0.199. The van der Waals surface area contributed by atoms with Crippen LogP contribution < -0.4 is 5.32 Å². The van der Waals surface area contributed by atoms with Crippen molar-refractivity contribution in [3.63, 3.8) is 0 Å². The Balaban J connectivity index is 1.23. The number of imidazole rings is 1. The molecule has 0 aliphatic heterocycles. The molecular weight excluding hydrogens is 626 g/mol. The monoisotopic (exact) mass is 691 g/mol. The molecule has 1 amide bonds. The number of carboxylic acid groups (broad SMARTS) is 1. The molecule has 1 aromatic heterocycles. The molecule has 0 radical (unpaired) electrons. The van der Waals surface area contributed by atoms with Gasteiger partial charge in [0.05, 0.1) is 30.4 Å². The number of carbonyl (C=O) groups excluding carboxylic acids is 2. The van der Waals surface area contributed by atoms with Gasteiger partial charge >= 0.3 is 11.9 Å². The van der Waals surface area contributed by atoms with Crippen molar-refractivity contribution in [2.75, 3.05) is 0 Å². The molecule has 1 unspecified atom stereocenters. The molecule has 0 bridgehead atoms. The van der Waals surface area contributed by atoms with Crippen molar-refractivity contribution in [2.45, 2.75) is 145 Å². The third kappa shape index (κ3) is 5.77. The summed E-state index contributed by atoms with van der Waals surface area (Å²) >= 11 is 0. The maximum atomic E-state index is 13.7. The van der Waals surface area contributed by atoms with Crippen LogP contribution in [0, 0.1) is 62.1 Å². The number of nitrogens with one attached hydrogen (secondary N) is 1. The highest BCUT2D eigenvalue weighted by Gasteiger charge is 2.71. The molecule has 5 fully saturated rings. The van der Waals surface area contributed by atoms with Crippen LogP contribution in [0.2, 0.25) is 0 Å². The Bertz CT molecular complexity index is 1530. The van der Waals surface area contributed by atoms with Crippen LogP contribution in [0.4, 0.5) is 0 Å². The van der Waals surface area contributed by atoms with Gasteiger partial charge in [0.2, 0.25) is 5.91 Å². The molecule has 5 saturated carbocycles. The predicted molar refractivity (Wildman–Crippen MR) is 195 cm³/mol. The van der Waals surface area contributed by atoms with Crippen LogP contribution in [-0.4, -0.2) is 38.6 Å². The number of amides is 1. The summed E-state index contributed by atoms with van der Waals surface area (Å²) in [5.41, 5.74) is 1.36. The Hall–Kier alpha value is -2.64. The summed E-state index contributed by atoms with van der Waals surface area (Å²) < 4.78 is 8.09. The number of aromatic nitrogens is 2. The van der Waals surface area contributed by atoms with Crippen LogP contribution in [-0.2, 0) is 32.7 Å². The first kappa shape index (κ1) is 37.1. The Kier molecular flexibility index (Phi) is 9.28. The van der Waals surface area contributed by atoms with Crippen molar-refractivity contribution in [2.24, 2.45) is 69.1 Å². The van der Waals surface area contributed by atoms with Crippen LogP contribution in [0.3, 0.4) is 0 Å². The summed E-state index contributed by atoms with van der Waals surface area (Å²) in [4.78, 5) is 42.9. The Labute approximate surface area is 301 Å². The van der Waals surface area contributed by atoms with Gasteiger partial charge in [0.1, 0.15) is 6.10 Å². The molecule has 2 N–H and O–H groups in total. The van der Waals surface area contributed by atoms with Crippen molar-refractivity contribution in [3.05, 3.63) is 30.4 Å². The lowest BCUT2D eigenvalue weighted by atomic mass is 9.32. The fourth-order valence-corrected chi connectivity index (χ4v) is 13.5. The van der Waals surface area contributed by atoms with E-state index in [9.17, 15) is 19.5 Å². The zero-order valence-corrected chi connectivity index (χ0v) is 32.5. The van der Waals surface area contributed by atoms with Gasteiger partial charge < -0.3 is 19.7 Å². The number of carbonyl (C=O) groups is 3. The van der Waals surface area contributed by atoms with E-state index in [-0.39, 0.29) is 45.5 Å². The lowest BCUT2D eigenvalue weighted by Crippen LogP contribution is -2.67. The number of ether oxygens (including phenoxy) is 1.